The second-order valence-electron chi connectivity index (χ2n) is 4.56. The number of amides is 1. The third-order valence-corrected chi connectivity index (χ3v) is 3.34. The quantitative estimate of drug-likeness (QED) is 0.579. The van der Waals surface area contributed by atoms with Crippen LogP contribution in [0.1, 0.15) is 31.9 Å². The zero-order chi connectivity index (χ0) is 13.8. The Morgan fingerprint density at radius 1 is 1.40 bits per heavy atom. The average molecular weight is 269 g/mol. The van der Waals surface area contributed by atoms with E-state index in [2.05, 4.69) is 6.92 Å². The molecule has 0 aromatic heterocycles. The first kappa shape index (κ1) is 17.1. The van der Waals surface area contributed by atoms with Gasteiger partial charge in [-0.3, -0.25) is 4.90 Å². The summed E-state index contributed by atoms with van der Waals surface area (Å²) < 4.78 is 11.0. The molecule has 0 radical (unpaired) electrons. The van der Waals surface area contributed by atoms with Crippen molar-refractivity contribution >= 4 is 6.09 Å². The molecule has 1 heterocycles. The van der Waals surface area contributed by atoms with Gasteiger partial charge in [-0.1, -0.05) is 30.3 Å². The monoisotopic (exact) mass is 269 g/mol. The summed E-state index contributed by atoms with van der Waals surface area (Å²) in [4.78, 5) is 13.6. The fourth-order valence-electron chi connectivity index (χ4n) is 2.45. The molecule has 1 saturated heterocycles. The summed E-state index contributed by atoms with van der Waals surface area (Å²) in [6.45, 7) is 7.99. The van der Waals surface area contributed by atoms with Gasteiger partial charge in [-0.15, -0.1) is 6.42 Å². The molecule has 1 aromatic carbocycles. The van der Waals surface area contributed by atoms with Gasteiger partial charge in [-0.25, -0.2) is 4.79 Å². The van der Waals surface area contributed by atoms with Crippen LogP contribution < -0.4 is 18.9 Å². The molecule has 1 fully saturated rings. The van der Waals surface area contributed by atoms with E-state index in [1.54, 1.807) is 11.8 Å². The average Bonchev–Trinajstić information content (AvgIpc) is 2.77. The second kappa shape index (κ2) is 7.73. The summed E-state index contributed by atoms with van der Waals surface area (Å²) in [5.74, 6) is 0. The van der Waals surface area contributed by atoms with Crippen LogP contribution in [0.5, 0.6) is 0 Å². The minimum Gasteiger partial charge on any atom is -0.450 e. The molecule has 1 aromatic rings. The van der Waals surface area contributed by atoms with Crippen LogP contribution in [-0.2, 0) is 9.47 Å². The summed E-state index contributed by atoms with van der Waals surface area (Å²) >= 11 is 0. The Morgan fingerprint density at radius 3 is 2.60 bits per heavy atom. The molecular formula is C15H20LiNO3. The van der Waals surface area contributed by atoms with Gasteiger partial charge in [-0.05, 0) is 19.4 Å². The number of carbonyl (C=O) groups excluding carboxylic acids is 1. The minimum atomic E-state index is -0.331. The largest absolute Gasteiger partial charge is 1.00 e. The number of hydrogen-bond acceptors (Lipinski definition) is 3. The molecule has 104 valence electrons. The van der Waals surface area contributed by atoms with Crippen molar-refractivity contribution in [2.24, 2.45) is 0 Å². The summed E-state index contributed by atoms with van der Waals surface area (Å²) in [7, 11) is 0. The smallest absolute Gasteiger partial charge is 0.450 e. The maximum absolute atomic E-state index is 12.0. The first-order valence-electron chi connectivity index (χ1n) is 6.63. The third kappa shape index (κ3) is 3.38. The van der Waals surface area contributed by atoms with Gasteiger partial charge in [0.2, 0.25) is 0 Å². The Kier molecular flexibility index (Phi) is 6.61. The van der Waals surface area contributed by atoms with Crippen molar-refractivity contribution in [2.45, 2.75) is 38.6 Å². The van der Waals surface area contributed by atoms with E-state index in [-0.39, 0.29) is 43.3 Å². The summed E-state index contributed by atoms with van der Waals surface area (Å²) in [5.41, 5.74) is 1.07. The number of carbonyl (C=O) groups is 1. The van der Waals surface area contributed by atoms with Gasteiger partial charge in [-0.2, -0.15) is 0 Å². The fourth-order valence-corrected chi connectivity index (χ4v) is 2.45. The standard InChI is InChI=1S/C15H20NO3.Li/c1-4-13-16(15(17)18-5-2)11(3)14(19-13)12-9-7-6-8-10-12;/h6-11,13-14H,1,4-5H2,2-3H3;/q-1;+1/t11-,13-,14-;/m0./s1. The minimum absolute atomic E-state index is 0. The molecule has 1 amide bonds. The van der Waals surface area contributed by atoms with Gasteiger partial charge in [0.1, 0.15) is 12.3 Å². The third-order valence-electron chi connectivity index (χ3n) is 3.34. The number of rotatable bonds is 3. The van der Waals surface area contributed by atoms with Crippen LogP contribution in [0.4, 0.5) is 4.79 Å². The van der Waals surface area contributed by atoms with Crippen LogP contribution in [0.15, 0.2) is 30.3 Å². The maximum Gasteiger partial charge on any atom is 1.00 e. The first-order valence-corrected chi connectivity index (χ1v) is 6.63. The van der Waals surface area contributed by atoms with Gasteiger partial charge in [0.25, 0.3) is 0 Å². The number of benzene rings is 1. The van der Waals surface area contributed by atoms with Crippen molar-refractivity contribution in [3.8, 4) is 0 Å². The van der Waals surface area contributed by atoms with Gasteiger partial charge < -0.3 is 16.4 Å². The normalized spacial score (nSPS) is 25.1. The van der Waals surface area contributed by atoms with E-state index < -0.39 is 0 Å². The molecule has 0 N–H and O–H groups in total. The van der Waals surface area contributed by atoms with Crippen molar-refractivity contribution in [1.82, 2.24) is 4.90 Å². The molecule has 20 heavy (non-hydrogen) atoms. The molecule has 1 aliphatic heterocycles. The van der Waals surface area contributed by atoms with Crippen LogP contribution >= 0.6 is 0 Å². The summed E-state index contributed by atoms with van der Waals surface area (Å²) in [6, 6.07) is 9.86. The molecule has 0 spiro atoms. The van der Waals surface area contributed by atoms with Crippen LogP contribution in [0.25, 0.3) is 0 Å². The molecule has 0 aliphatic carbocycles. The molecular weight excluding hydrogens is 249 g/mol. The molecule has 2 rings (SSSR count). The number of nitrogens with zero attached hydrogens (tertiary/aromatic N) is 1. The van der Waals surface area contributed by atoms with E-state index in [4.69, 9.17) is 9.47 Å². The fraction of sp³-hybridized carbons (Fsp3) is 0.467. The Balaban J connectivity index is 0.00000200. The first-order chi connectivity index (χ1) is 9.19. The van der Waals surface area contributed by atoms with E-state index in [9.17, 15) is 4.79 Å². The Bertz CT molecular complexity index is 426. The van der Waals surface area contributed by atoms with Crippen molar-refractivity contribution in [3.63, 3.8) is 0 Å². The van der Waals surface area contributed by atoms with E-state index in [1.807, 2.05) is 37.3 Å². The van der Waals surface area contributed by atoms with Crippen LogP contribution in [0.2, 0.25) is 0 Å². The van der Waals surface area contributed by atoms with Crippen LogP contribution in [0.3, 0.4) is 0 Å². The number of hydrogen-bond donors (Lipinski definition) is 0. The van der Waals surface area contributed by atoms with Crippen molar-refractivity contribution < 1.29 is 33.1 Å². The van der Waals surface area contributed by atoms with Crippen LogP contribution in [-0.4, -0.2) is 29.9 Å². The van der Waals surface area contributed by atoms with Gasteiger partial charge >= 0.3 is 25.0 Å². The Labute approximate surface area is 132 Å². The van der Waals surface area contributed by atoms with Crippen molar-refractivity contribution in [2.75, 3.05) is 6.61 Å². The molecule has 3 atom stereocenters. The molecule has 1 aliphatic rings. The summed E-state index contributed by atoms with van der Waals surface area (Å²) in [5, 5.41) is 0. The van der Waals surface area contributed by atoms with Gasteiger partial charge in [0.05, 0.1) is 12.6 Å². The van der Waals surface area contributed by atoms with Crippen molar-refractivity contribution in [1.29, 1.82) is 0 Å². The zero-order valence-electron chi connectivity index (χ0n) is 12.4. The zero-order valence-corrected chi connectivity index (χ0v) is 12.4. The maximum atomic E-state index is 12.0. The van der Waals surface area contributed by atoms with Crippen molar-refractivity contribution in [3.05, 3.63) is 42.8 Å². The molecule has 5 heteroatoms. The predicted octanol–water partition coefficient (Wildman–Crippen LogP) is 0.159. The number of ether oxygens (including phenoxy) is 2. The molecule has 4 nitrogen and oxygen atoms in total. The van der Waals surface area contributed by atoms with Gasteiger partial charge in [0, 0.05) is 0 Å². The van der Waals surface area contributed by atoms with Gasteiger partial charge in [0.15, 0.2) is 0 Å². The second-order valence-corrected chi connectivity index (χ2v) is 4.56. The summed E-state index contributed by atoms with van der Waals surface area (Å²) in [6.07, 6.45) is -0.273. The molecule has 0 bridgehead atoms. The Morgan fingerprint density at radius 2 is 2.05 bits per heavy atom. The molecule has 0 unspecified atom stereocenters. The van der Waals surface area contributed by atoms with Crippen LogP contribution in [0, 0.1) is 6.92 Å². The predicted molar refractivity (Wildman–Crippen MR) is 72.4 cm³/mol. The Hall–Kier alpha value is -0.953. The molecule has 0 saturated carbocycles. The van der Waals surface area contributed by atoms with E-state index in [0.29, 0.717) is 13.0 Å². The SMILES string of the molecule is [CH2-]C[C@@H]1O[C@H](c2ccccc2)[C@H](C)N1C(=O)OCC.[Li+]. The topological polar surface area (TPSA) is 38.8 Å². The van der Waals surface area contributed by atoms with E-state index in [0.717, 1.165) is 5.56 Å². The van der Waals surface area contributed by atoms with E-state index in [1.165, 1.54) is 0 Å². The van der Waals surface area contributed by atoms with E-state index >= 15 is 0 Å².